The highest BCUT2D eigenvalue weighted by Gasteiger charge is 2.35. The highest BCUT2D eigenvalue weighted by molar-refractivity contribution is 6.06. The third-order valence-corrected chi connectivity index (χ3v) is 6.01. The number of phenolic OH excluding ortho intramolecular Hbond substituents is 1. The number of methoxy groups -OCH3 is 2. The van der Waals surface area contributed by atoms with Crippen LogP contribution < -0.4 is 20.1 Å². The average Bonchev–Trinajstić information content (AvgIpc) is 3.32. The van der Waals surface area contributed by atoms with E-state index in [1.54, 1.807) is 55.3 Å². The number of benzene rings is 3. The molecule has 1 aromatic heterocycles. The molecule has 3 aromatic carbocycles. The Hall–Kier alpha value is -4.79. The quantitative estimate of drug-likeness (QED) is 0.368. The number of allylic oxidation sites excluding steroid dienone is 1. The second-order valence-corrected chi connectivity index (χ2v) is 8.22. The molecule has 36 heavy (non-hydrogen) atoms. The van der Waals surface area contributed by atoms with E-state index in [0.717, 1.165) is 11.1 Å². The van der Waals surface area contributed by atoms with Crippen LogP contribution in [0.2, 0.25) is 0 Å². The van der Waals surface area contributed by atoms with Gasteiger partial charge in [-0.2, -0.15) is 4.98 Å². The van der Waals surface area contributed by atoms with Gasteiger partial charge in [-0.05, 0) is 48.9 Å². The fourth-order valence-electron chi connectivity index (χ4n) is 4.29. The number of para-hydroxylation sites is 3. The molecule has 1 amide bonds. The molecule has 1 aliphatic rings. The lowest BCUT2D eigenvalue weighted by Gasteiger charge is -2.28. The summed E-state index contributed by atoms with van der Waals surface area (Å²) < 4.78 is 12.6. The number of aromatic hydroxyl groups is 1. The van der Waals surface area contributed by atoms with Gasteiger partial charge in [0.25, 0.3) is 5.91 Å². The highest BCUT2D eigenvalue weighted by atomic mass is 16.5. The average molecular weight is 484 g/mol. The van der Waals surface area contributed by atoms with Crippen molar-refractivity contribution in [1.29, 1.82) is 0 Å². The lowest BCUT2D eigenvalue weighted by molar-refractivity contribution is -0.113. The van der Waals surface area contributed by atoms with Crippen molar-refractivity contribution in [3.63, 3.8) is 0 Å². The second kappa shape index (κ2) is 9.46. The van der Waals surface area contributed by atoms with Gasteiger partial charge in [-0.15, -0.1) is 5.10 Å². The van der Waals surface area contributed by atoms with Crippen LogP contribution in [-0.4, -0.2) is 40.0 Å². The molecule has 4 aromatic rings. The van der Waals surface area contributed by atoms with Crippen LogP contribution in [0.25, 0.3) is 11.4 Å². The SMILES string of the molecule is COc1ccccc1NC(=O)C1=C(C)Nc2nc(-c3ccccc3OC)nn2C1c1ccc(O)cc1. The summed E-state index contributed by atoms with van der Waals surface area (Å²) >= 11 is 0. The Kier molecular flexibility index (Phi) is 6.03. The number of ether oxygens (including phenoxy) is 2. The molecule has 0 saturated heterocycles. The van der Waals surface area contributed by atoms with Crippen LogP contribution in [0.5, 0.6) is 17.2 Å². The molecule has 9 nitrogen and oxygen atoms in total. The van der Waals surface area contributed by atoms with Gasteiger partial charge in [-0.3, -0.25) is 4.79 Å². The molecule has 0 spiro atoms. The molecular weight excluding hydrogens is 458 g/mol. The Morgan fingerprint density at radius 2 is 1.64 bits per heavy atom. The number of anilines is 2. The Morgan fingerprint density at radius 1 is 0.972 bits per heavy atom. The zero-order valence-electron chi connectivity index (χ0n) is 20.0. The summed E-state index contributed by atoms with van der Waals surface area (Å²) in [4.78, 5) is 18.4. The molecule has 0 fully saturated rings. The minimum atomic E-state index is -0.604. The number of hydrogen-bond donors (Lipinski definition) is 3. The van der Waals surface area contributed by atoms with E-state index in [1.807, 2.05) is 43.3 Å². The van der Waals surface area contributed by atoms with E-state index in [2.05, 4.69) is 10.6 Å². The molecule has 0 radical (unpaired) electrons. The molecule has 1 atom stereocenters. The van der Waals surface area contributed by atoms with Crippen molar-refractivity contribution in [2.75, 3.05) is 24.9 Å². The van der Waals surface area contributed by atoms with Crippen molar-refractivity contribution in [3.05, 3.63) is 89.6 Å². The van der Waals surface area contributed by atoms with E-state index in [0.29, 0.717) is 40.2 Å². The lowest BCUT2D eigenvalue weighted by atomic mass is 9.95. The van der Waals surface area contributed by atoms with Crippen LogP contribution in [-0.2, 0) is 4.79 Å². The summed E-state index contributed by atoms with van der Waals surface area (Å²) in [5.41, 5.74) is 3.12. The number of phenols is 1. The van der Waals surface area contributed by atoms with E-state index < -0.39 is 6.04 Å². The van der Waals surface area contributed by atoms with Gasteiger partial charge in [0.15, 0.2) is 5.82 Å². The number of fused-ring (bicyclic) bond motifs is 1. The molecule has 1 aliphatic heterocycles. The van der Waals surface area contributed by atoms with Crippen LogP contribution in [0.3, 0.4) is 0 Å². The summed E-state index contributed by atoms with van der Waals surface area (Å²) in [7, 11) is 3.15. The predicted molar refractivity (Wildman–Crippen MR) is 136 cm³/mol. The van der Waals surface area contributed by atoms with E-state index in [-0.39, 0.29) is 11.7 Å². The number of hydrogen-bond acceptors (Lipinski definition) is 7. The van der Waals surface area contributed by atoms with Crippen LogP contribution in [0.4, 0.5) is 11.6 Å². The monoisotopic (exact) mass is 483 g/mol. The zero-order chi connectivity index (χ0) is 25.2. The molecule has 9 heteroatoms. The van der Waals surface area contributed by atoms with Gasteiger partial charge in [-0.25, -0.2) is 4.68 Å². The first-order chi connectivity index (χ1) is 17.5. The summed E-state index contributed by atoms with van der Waals surface area (Å²) in [6, 6.07) is 20.8. The molecule has 2 heterocycles. The minimum Gasteiger partial charge on any atom is -0.508 e. The van der Waals surface area contributed by atoms with Crippen molar-refractivity contribution in [2.24, 2.45) is 0 Å². The normalized spacial score (nSPS) is 14.6. The van der Waals surface area contributed by atoms with Crippen LogP contribution in [0.1, 0.15) is 18.5 Å². The standard InChI is InChI=1S/C27H25N5O4/c1-16-23(26(34)29-20-9-5-7-11-22(20)36-3)24(17-12-14-18(33)15-13-17)32-27(28-16)30-25(31-32)19-8-4-6-10-21(19)35-2/h4-15,24,33H,1-3H3,(H,29,34)(H,28,30,31). The number of rotatable bonds is 6. The van der Waals surface area contributed by atoms with Gasteiger partial charge >= 0.3 is 0 Å². The first-order valence-corrected chi connectivity index (χ1v) is 11.3. The summed E-state index contributed by atoms with van der Waals surface area (Å²) in [6.07, 6.45) is 0. The van der Waals surface area contributed by atoms with Crippen molar-refractivity contribution >= 4 is 17.5 Å². The minimum absolute atomic E-state index is 0.127. The molecule has 0 bridgehead atoms. The second-order valence-electron chi connectivity index (χ2n) is 8.22. The molecule has 5 rings (SSSR count). The Labute approximate surface area is 208 Å². The number of nitrogens with zero attached hydrogens (tertiary/aromatic N) is 3. The Balaban J connectivity index is 1.61. The lowest BCUT2D eigenvalue weighted by Crippen LogP contribution is -2.31. The predicted octanol–water partition coefficient (Wildman–Crippen LogP) is 4.60. The fourth-order valence-corrected chi connectivity index (χ4v) is 4.29. The summed E-state index contributed by atoms with van der Waals surface area (Å²) in [5.74, 6) is 1.94. The molecule has 182 valence electrons. The van der Waals surface area contributed by atoms with Gasteiger partial charge < -0.3 is 25.2 Å². The van der Waals surface area contributed by atoms with Gasteiger partial charge in [0.05, 0.1) is 31.0 Å². The van der Waals surface area contributed by atoms with Crippen LogP contribution >= 0.6 is 0 Å². The maximum Gasteiger partial charge on any atom is 0.255 e. The summed E-state index contributed by atoms with van der Waals surface area (Å²) in [5, 5.41) is 20.9. The van der Waals surface area contributed by atoms with Gasteiger partial charge in [0.1, 0.15) is 23.3 Å². The van der Waals surface area contributed by atoms with E-state index in [1.165, 1.54) is 0 Å². The summed E-state index contributed by atoms with van der Waals surface area (Å²) in [6.45, 7) is 1.82. The maximum atomic E-state index is 13.7. The van der Waals surface area contributed by atoms with Gasteiger partial charge in [-0.1, -0.05) is 36.4 Å². The molecule has 0 aliphatic carbocycles. The van der Waals surface area contributed by atoms with Gasteiger partial charge in [0.2, 0.25) is 5.95 Å². The number of amides is 1. The van der Waals surface area contributed by atoms with Crippen molar-refractivity contribution in [1.82, 2.24) is 14.8 Å². The fraction of sp³-hybridized carbons (Fsp3) is 0.148. The molecular formula is C27H25N5O4. The number of nitrogens with one attached hydrogen (secondary N) is 2. The van der Waals surface area contributed by atoms with E-state index in [4.69, 9.17) is 19.6 Å². The van der Waals surface area contributed by atoms with Crippen LogP contribution in [0.15, 0.2) is 84.1 Å². The zero-order valence-corrected chi connectivity index (χ0v) is 20.0. The Bertz CT molecular complexity index is 1460. The van der Waals surface area contributed by atoms with E-state index >= 15 is 0 Å². The third-order valence-electron chi connectivity index (χ3n) is 6.01. The first kappa shape index (κ1) is 23.0. The maximum absolute atomic E-state index is 13.7. The van der Waals surface area contributed by atoms with Crippen molar-refractivity contribution < 1.29 is 19.4 Å². The number of carbonyl (C=O) groups is 1. The topological polar surface area (TPSA) is 111 Å². The molecule has 3 N–H and O–H groups in total. The Morgan fingerprint density at radius 3 is 2.36 bits per heavy atom. The van der Waals surface area contributed by atoms with Crippen molar-refractivity contribution in [3.8, 4) is 28.6 Å². The third kappa shape index (κ3) is 4.11. The van der Waals surface area contributed by atoms with Crippen LogP contribution in [0, 0.1) is 0 Å². The van der Waals surface area contributed by atoms with Crippen molar-refractivity contribution in [2.45, 2.75) is 13.0 Å². The smallest absolute Gasteiger partial charge is 0.255 e. The highest BCUT2D eigenvalue weighted by Crippen LogP contribution is 2.38. The largest absolute Gasteiger partial charge is 0.508 e. The molecule has 0 saturated carbocycles. The number of carbonyl (C=O) groups excluding carboxylic acids is 1. The molecule has 1 unspecified atom stereocenters. The first-order valence-electron chi connectivity index (χ1n) is 11.3. The van der Waals surface area contributed by atoms with E-state index in [9.17, 15) is 9.90 Å². The van der Waals surface area contributed by atoms with Gasteiger partial charge in [0, 0.05) is 5.70 Å². The number of aromatic nitrogens is 3.